The molecular formula is C12H20F3N3. The van der Waals surface area contributed by atoms with Crippen molar-refractivity contribution in [2.45, 2.75) is 33.4 Å². The molecule has 0 aliphatic carbocycles. The molecular weight excluding hydrogens is 243 g/mol. The topological polar surface area (TPSA) is 31.9 Å². The van der Waals surface area contributed by atoms with Crippen molar-refractivity contribution in [2.24, 2.45) is 5.92 Å². The molecule has 1 rings (SSSR count). The van der Waals surface area contributed by atoms with Gasteiger partial charge in [0.15, 0.2) is 0 Å². The monoisotopic (exact) mass is 263 g/mol. The van der Waals surface area contributed by atoms with E-state index in [1.54, 1.807) is 11.9 Å². The van der Waals surface area contributed by atoms with E-state index in [0.717, 1.165) is 23.4 Å². The molecule has 0 saturated carbocycles. The van der Waals surface area contributed by atoms with Gasteiger partial charge in [0.2, 0.25) is 0 Å². The van der Waals surface area contributed by atoms with Gasteiger partial charge in [0.25, 0.3) is 0 Å². The first-order chi connectivity index (χ1) is 8.21. The van der Waals surface area contributed by atoms with Crippen LogP contribution in [0.4, 0.5) is 13.2 Å². The number of nitrogens with zero attached hydrogens (tertiary/aromatic N) is 2. The van der Waals surface area contributed by atoms with Crippen molar-refractivity contribution < 1.29 is 13.2 Å². The van der Waals surface area contributed by atoms with Gasteiger partial charge in [-0.3, -0.25) is 5.10 Å². The van der Waals surface area contributed by atoms with Gasteiger partial charge in [-0.1, -0.05) is 6.92 Å². The van der Waals surface area contributed by atoms with Crippen LogP contribution in [-0.2, 0) is 6.42 Å². The average molecular weight is 263 g/mol. The summed E-state index contributed by atoms with van der Waals surface area (Å²) >= 11 is 0. The smallest absolute Gasteiger partial charge is 0.305 e. The molecule has 1 aromatic heterocycles. The maximum Gasteiger partial charge on any atom is 0.392 e. The minimum atomic E-state index is -4.12. The molecule has 0 bridgehead atoms. The van der Waals surface area contributed by atoms with Crippen LogP contribution in [0, 0.1) is 19.8 Å². The fourth-order valence-corrected chi connectivity index (χ4v) is 1.91. The van der Waals surface area contributed by atoms with Crippen LogP contribution in [0.2, 0.25) is 0 Å². The molecule has 1 unspecified atom stereocenters. The van der Waals surface area contributed by atoms with E-state index < -0.39 is 12.1 Å². The Hall–Kier alpha value is -1.04. The summed E-state index contributed by atoms with van der Waals surface area (Å²) in [5, 5.41) is 6.95. The van der Waals surface area contributed by atoms with Gasteiger partial charge in [-0.2, -0.15) is 18.3 Å². The fraction of sp³-hybridized carbons (Fsp3) is 0.750. The Bertz CT molecular complexity index is 365. The predicted octanol–water partition coefficient (Wildman–Crippen LogP) is 2.70. The number of hydrogen-bond donors (Lipinski definition) is 1. The second-order valence-corrected chi connectivity index (χ2v) is 4.87. The Morgan fingerprint density at radius 1 is 1.33 bits per heavy atom. The molecule has 1 N–H and O–H groups in total. The molecule has 0 spiro atoms. The number of likely N-dealkylation sites (N-methyl/N-ethyl adjacent to an activating group) is 1. The third-order valence-electron chi connectivity index (χ3n) is 3.17. The van der Waals surface area contributed by atoms with E-state index in [1.807, 2.05) is 13.8 Å². The third kappa shape index (κ3) is 4.01. The Morgan fingerprint density at radius 2 is 1.94 bits per heavy atom. The van der Waals surface area contributed by atoms with Crippen LogP contribution in [-0.4, -0.2) is 41.4 Å². The summed E-state index contributed by atoms with van der Waals surface area (Å²) in [6, 6.07) is 0. The molecule has 18 heavy (non-hydrogen) atoms. The SMILES string of the molecule is Cc1n[nH]c(C)c1CCN(C)CC(C)C(F)(F)F. The van der Waals surface area contributed by atoms with Crippen molar-refractivity contribution in [3.8, 4) is 0 Å². The standard InChI is InChI=1S/C12H20F3N3/c1-8(12(13,14)15)7-18(4)6-5-11-9(2)16-17-10(11)3/h8H,5-7H2,1-4H3,(H,16,17). The highest BCUT2D eigenvalue weighted by Crippen LogP contribution is 2.26. The van der Waals surface area contributed by atoms with Crippen LogP contribution in [0.15, 0.2) is 0 Å². The second kappa shape index (κ2) is 5.73. The van der Waals surface area contributed by atoms with E-state index in [4.69, 9.17) is 0 Å². The predicted molar refractivity (Wildman–Crippen MR) is 64.5 cm³/mol. The summed E-state index contributed by atoms with van der Waals surface area (Å²) in [5.74, 6) is -1.30. The molecule has 1 heterocycles. The van der Waals surface area contributed by atoms with Crippen molar-refractivity contribution in [3.05, 3.63) is 17.0 Å². The third-order valence-corrected chi connectivity index (χ3v) is 3.17. The highest BCUT2D eigenvalue weighted by atomic mass is 19.4. The van der Waals surface area contributed by atoms with Gasteiger partial charge in [0.05, 0.1) is 11.6 Å². The highest BCUT2D eigenvalue weighted by molar-refractivity contribution is 5.23. The Kier molecular flexibility index (Phi) is 4.78. The molecule has 0 aliphatic rings. The second-order valence-electron chi connectivity index (χ2n) is 4.87. The van der Waals surface area contributed by atoms with Crippen LogP contribution in [0.25, 0.3) is 0 Å². The molecule has 0 radical (unpaired) electrons. The lowest BCUT2D eigenvalue weighted by Gasteiger charge is -2.23. The zero-order chi connectivity index (χ0) is 13.9. The van der Waals surface area contributed by atoms with E-state index in [9.17, 15) is 13.2 Å². The van der Waals surface area contributed by atoms with Gasteiger partial charge in [0.1, 0.15) is 0 Å². The molecule has 0 saturated heterocycles. The summed E-state index contributed by atoms with van der Waals surface area (Å²) in [7, 11) is 1.72. The zero-order valence-corrected chi connectivity index (χ0v) is 11.2. The number of H-pyrrole nitrogens is 1. The van der Waals surface area contributed by atoms with E-state index in [1.165, 1.54) is 6.92 Å². The van der Waals surface area contributed by atoms with Gasteiger partial charge in [0, 0.05) is 18.8 Å². The van der Waals surface area contributed by atoms with Crippen molar-refractivity contribution >= 4 is 0 Å². The van der Waals surface area contributed by atoms with Crippen molar-refractivity contribution in [1.29, 1.82) is 0 Å². The van der Waals surface area contributed by atoms with Crippen molar-refractivity contribution in [2.75, 3.05) is 20.1 Å². The fourth-order valence-electron chi connectivity index (χ4n) is 1.91. The van der Waals surface area contributed by atoms with Gasteiger partial charge in [-0.25, -0.2) is 0 Å². The lowest BCUT2D eigenvalue weighted by molar-refractivity contribution is -0.173. The number of aromatic nitrogens is 2. The molecule has 0 aliphatic heterocycles. The summed E-state index contributed by atoms with van der Waals surface area (Å²) in [5.41, 5.74) is 3.01. The molecule has 6 heteroatoms. The quantitative estimate of drug-likeness (QED) is 0.885. The summed E-state index contributed by atoms with van der Waals surface area (Å²) in [6.07, 6.45) is -3.40. The highest BCUT2D eigenvalue weighted by Gasteiger charge is 2.36. The molecule has 0 fully saturated rings. The molecule has 0 aromatic carbocycles. The van der Waals surface area contributed by atoms with E-state index in [0.29, 0.717) is 6.54 Å². The Morgan fingerprint density at radius 3 is 2.39 bits per heavy atom. The van der Waals surface area contributed by atoms with Crippen molar-refractivity contribution in [3.63, 3.8) is 0 Å². The lowest BCUT2D eigenvalue weighted by atomic mass is 10.1. The number of rotatable bonds is 5. The van der Waals surface area contributed by atoms with Crippen LogP contribution in [0.5, 0.6) is 0 Å². The number of nitrogens with one attached hydrogen (secondary N) is 1. The Labute approximate surface area is 105 Å². The summed E-state index contributed by atoms with van der Waals surface area (Å²) < 4.78 is 37.2. The first kappa shape index (κ1) is 15.0. The number of aryl methyl sites for hydroxylation is 2. The average Bonchev–Trinajstić information content (AvgIpc) is 2.54. The lowest BCUT2D eigenvalue weighted by Crippen LogP contribution is -2.34. The van der Waals surface area contributed by atoms with Crippen LogP contribution < -0.4 is 0 Å². The van der Waals surface area contributed by atoms with Gasteiger partial charge in [-0.15, -0.1) is 0 Å². The number of halogens is 3. The molecule has 1 atom stereocenters. The minimum absolute atomic E-state index is 0.0272. The van der Waals surface area contributed by atoms with Gasteiger partial charge >= 0.3 is 6.18 Å². The van der Waals surface area contributed by atoms with Crippen LogP contribution in [0.1, 0.15) is 23.9 Å². The number of hydrogen-bond acceptors (Lipinski definition) is 2. The number of aromatic amines is 1. The van der Waals surface area contributed by atoms with Crippen molar-refractivity contribution in [1.82, 2.24) is 15.1 Å². The Balaban J connectivity index is 2.45. The first-order valence-electron chi connectivity index (χ1n) is 5.97. The first-order valence-corrected chi connectivity index (χ1v) is 5.97. The maximum atomic E-state index is 12.4. The summed E-state index contributed by atoms with van der Waals surface area (Å²) in [4.78, 5) is 1.71. The molecule has 1 aromatic rings. The molecule has 3 nitrogen and oxygen atoms in total. The van der Waals surface area contributed by atoms with Gasteiger partial charge < -0.3 is 4.90 Å². The molecule has 104 valence electrons. The zero-order valence-electron chi connectivity index (χ0n) is 11.2. The van der Waals surface area contributed by atoms with Gasteiger partial charge in [-0.05, 0) is 32.9 Å². The largest absolute Gasteiger partial charge is 0.392 e. The van der Waals surface area contributed by atoms with E-state index in [2.05, 4.69) is 10.2 Å². The summed E-state index contributed by atoms with van der Waals surface area (Å²) in [6.45, 7) is 5.66. The molecule has 0 amide bonds. The van der Waals surface area contributed by atoms with Crippen LogP contribution >= 0.6 is 0 Å². The minimum Gasteiger partial charge on any atom is -0.305 e. The number of alkyl halides is 3. The van der Waals surface area contributed by atoms with Crippen LogP contribution in [0.3, 0.4) is 0 Å². The van der Waals surface area contributed by atoms with E-state index in [-0.39, 0.29) is 6.54 Å². The normalized spacial score (nSPS) is 14.2. The maximum absolute atomic E-state index is 12.4. The van der Waals surface area contributed by atoms with E-state index >= 15 is 0 Å².